The van der Waals surface area contributed by atoms with Crippen LogP contribution in [0.15, 0.2) is 6.07 Å². The van der Waals surface area contributed by atoms with Crippen LogP contribution in [0, 0.1) is 6.92 Å². The van der Waals surface area contributed by atoms with E-state index in [1.165, 1.54) is 0 Å². The Morgan fingerprint density at radius 2 is 2.27 bits per heavy atom. The van der Waals surface area contributed by atoms with Gasteiger partial charge in [0.25, 0.3) is 0 Å². The van der Waals surface area contributed by atoms with Gasteiger partial charge in [0.1, 0.15) is 16.8 Å². The van der Waals surface area contributed by atoms with Crippen molar-refractivity contribution < 1.29 is 4.21 Å². The van der Waals surface area contributed by atoms with Crippen LogP contribution in [-0.2, 0) is 10.8 Å². The normalized spacial score (nSPS) is 12.5. The number of nitrogens with zero attached hydrogens (tertiary/aromatic N) is 2. The zero-order valence-corrected chi connectivity index (χ0v) is 10.4. The van der Waals surface area contributed by atoms with Gasteiger partial charge in [-0.25, -0.2) is 9.97 Å². The van der Waals surface area contributed by atoms with Crippen LogP contribution in [0.4, 0.5) is 5.82 Å². The molecular weight excluding hydrogens is 234 g/mol. The molecule has 0 aromatic carbocycles. The molecular formula is C9H14ClN3OS. The number of nitrogens with one attached hydrogen (secondary N) is 1. The van der Waals surface area contributed by atoms with E-state index in [9.17, 15) is 4.21 Å². The predicted octanol–water partition coefficient (Wildman–Crippen LogP) is 1.62. The Labute approximate surface area is 96.9 Å². The highest BCUT2D eigenvalue weighted by Crippen LogP contribution is 2.10. The van der Waals surface area contributed by atoms with E-state index >= 15 is 0 Å². The SMILES string of the molecule is CCS(=O)CCNc1cc(Cl)nc(C)n1. The molecule has 0 saturated heterocycles. The highest BCUT2D eigenvalue weighted by Gasteiger charge is 2.00. The van der Waals surface area contributed by atoms with Crippen molar-refractivity contribution in [1.82, 2.24) is 9.97 Å². The van der Waals surface area contributed by atoms with Gasteiger partial charge in [-0.05, 0) is 6.92 Å². The number of aromatic nitrogens is 2. The van der Waals surface area contributed by atoms with E-state index in [-0.39, 0.29) is 0 Å². The van der Waals surface area contributed by atoms with Crippen molar-refractivity contribution in [2.45, 2.75) is 13.8 Å². The standard InChI is InChI=1S/C9H14ClN3OS/c1-3-15(14)5-4-11-9-6-8(10)12-7(2)13-9/h6H,3-5H2,1-2H3,(H,11,12,13). The van der Waals surface area contributed by atoms with Gasteiger partial charge in [-0.3, -0.25) is 4.21 Å². The van der Waals surface area contributed by atoms with E-state index in [0.29, 0.717) is 34.8 Å². The minimum atomic E-state index is -0.750. The Balaban J connectivity index is 2.47. The number of hydrogen-bond donors (Lipinski definition) is 1. The lowest BCUT2D eigenvalue weighted by Crippen LogP contribution is -2.13. The first kappa shape index (κ1) is 12.4. The molecule has 0 aliphatic heterocycles. The summed E-state index contributed by atoms with van der Waals surface area (Å²) in [5.74, 6) is 2.62. The molecule has 0 spiro atoms. The Morgan fingerprint density at radius 1 is 1.53 bits per heavy atom. The summed E-state index contributed by atoms with van der Waals surface area (Å²) in [7, 11) is -0.750. The smallest absolute Gasteiger partial charge is 0.134 e. The summed E-state index contributed by atoms with van der Waals surface area (Å²) < 4.78 is 11.1. The maximum absolute atomic E-state index is 11.1. The van der Waals surface area contributed by atoms with Gasteiger partial charge in [0.2, 0.25) is 0 Å². The molecule has 0 fully saturated rings. The largest absolute Gasteiger partial charge is 0.369 e. The van der Waals surface area contributed by atoms with Crippen molar-refractivity contribution >= 4 is 28.2 Å². The fraction of sp³-hybridized carbons (Fsp3) is 0.556. The van der Waals surface area contributed by atoms with E-state index in [1.54, 1.807) is 13.0 Å². The van der Waals surface area contributed by atoms with Gasteiger partial charge in [-0.2, -0.15) is 0 Å². The summed E-state index contributed by atoms with van der Waals surface area (Å²) in [5.41, 5.74) is 0. The van der Waals surface area contributed by atoms with Crippen LogP contribution in [-0.4, -0.2) is 32.2 Å². The molecule has 0 saturated carbocycles. The summed E-state index contributed by atoms with van der Waals surface area (Å²) in [6.45, 7) is 4.32. The lowest BCUT2D eigenvalue weighted by Gasteiger charge is -2.05. The maximum atomic E-state index is 11.1. The molecule has 1 atom stereocenters. The van der Waals surface area contributed by atoms with Crippen molar-refractivity contribution in [3.05, 3.63) is 17.0 Å². The molecule has 84 valence electrons. The van der Waals surface area contributed by atoms with E-state index in [4.69, 9.17) is 11.6 Å². The molecule has 1 unspecified atom stereocenters. The second-order valence-electron chi connectivity index (χ2n) is 2.98. The highest BCUT2D eigenvalue weighted by molar-refractivity contribution is 7.84. The molecule has 1 rings (SSSR count). The van der Waals surface area contributed by atoms with Crippen molar-refractivity contribution in [2.75, 3.05) is 23.4 Å². The molecule has 0 radical (unpaired) electrons. The molecule has 1 N–H and O–H groups in total. The summed E-state index contributed by atoms with van der Waals surface area (Å²) in [4.78, 5) is 8.10. The fourth-order valence-corrected chi connectivity index (χ4v) is 1.90. The van der Waals surface area contributed by atoms with Crippen molar-refractivity contribution in [2.24, 2.45) is 0 Å². The fourth-order valence-electron chi connectivity index (χ4n) is 1.06. The molecule has 15 heavy (non-hydrogen) atoms. The van der Waals surface area contributed by atoms with Gasteiger partial charge in [0.05, 0.1) is 0 Å². The number of halogens is 1. The molecule has 0 aliphatic carbocycles. The first-order valence-corrected chi connectivity index (χ1v) is 6.58. The Morgan fingerprint density at radius 3 is 2.87 bits per heavy atom. The van der Waals surface area contributed by atoms with Crippen LogP contribution in [0.5, 0.6) is 0 Å². The monoisotopic (exact) mass is 247 g/mol. The second-order valence-corrected chi connectivity index (χ2v) is 5.24. The van der Waals surface area contributed by atoms with Gasteiger partial charge in [-0.15, -0.1) is 0 Å². The minimum absolute atomic E-state index is 0.418. The van der Waals surface area contributed by atoms with Crippen LogP contribution in [0.25, 0.3) is 0 Å². The van der Waals surface area contributed by atoms with Crippen LogP contribution >= 0.6 is 11.6 Å². The predicted molar refractivity (Wildman–Crippen MR) is 63.8 cm³/mol. The molecule has 4 nitrogen and oxygen atoms in total. The lowest BCUT2D eigenvalue weighted by molar-refractivity contribution is 0.684. The molecule has 0 bridgehead atoms. The third kappa shape index (κ3) is 4.57. The van der Waals surface area contributed by atoms with E-state index in [0.717, 1.165) is 0 Å². The summed E-state index contributed by atoms with van der Waals surface area (Å²) in [6.07, 6.45) is 0. The minimum Gasteiger partial charge on any atom is -0.369 e. The number of aryl methyl sites for hydroxylation is 1. The summed E-state index contributed by atoms with van der Waals surface area (Å²) in [5, 5.41) is 3.48. The molecule has 0 aliphatic rings. The van der Waals surface area contributed by atoms with E-state index in [2.05, 4.69) is 15.3 Å². The molecule has 1 aromatic rings. The molecule has 1 heterocycles. The quantitative estimate of drug-likeness (QED) is 0.804. The average Bonchev–Trinajstić information content (AvgIpc) is 2.16. The molecule has 6 heteroatoms. The third-order valence-corrected chi connectivity index (χ3v) is 3.26. The van der Waals surface area contributed by atoms with Crippen molar-refractivity contribution in [3.8, 4) is 0 Å². The Hall–Kier alpha value is -0.680. The van der Waals surface area contributed by atoms with E-state index < -0.39 is 10.8 Å². The van der Waals surface area contributed by atoms with Crippen LogP contribution < -0.4 is 5.32 Å². The van der Waals surface area contributed by atoms with Crippen LogP contribution in [0.3, 0.4) is 0 Å². The van der Waals surface area contributed by atoms with Crippen LogP contribution in [0.2, 0.25) is 5.15 Å². The van der Waals surface area contributed by atoms with Crippen LogP contribution in [0.1, 0.15) is 12.7 Å². The van der Waals surface area contributed by atoms with Gasteiger partial charge in [-0.1, -0.05) is 18.5 Å². The first-order chi connectivity index (χ1) is 7.11. The first-order valence-electron chi connectivity index (χ1n) is 4.72. The number of rotatable bonds is 5. The van der Waals surface area contributed by atoms with Gasteiger partial charge in [0.15, 0.2) is 0 Å². The van der Waals surface area contributed by atoms with Crippen molar-refractivity contribution in [1.29, 1.82) is 0 Å². The number of hydrogen-bond acceptors (Lipinski definition) is 4. The highest BCUT2D eigenvalue weighted by atomic mass is 35.5. The van der Waals surface area contributed by atoms with Gasteiger partial charge < -0.3 is 5.32 Å². The summed E-state index contributed by atoms with van der Waals surface area (Å²) >= 11 is 5.77. The Bertz CT molecular complexity index is 339. The molecule has 0 amide bonds. The zero-order valence-electron chi connectivity index (χ0n) is 8.79. The Kier molecular flexibility index (Phi) is 4.98. The van der Waals surface area contributed by atoms with Crippen molar-refractivity contribution in [3.63, 3.8) is 0 Å². The second kappa shape index (κ2) is 6.02. The average molecular weight is 248 g/mol. The molecule has 1 aromatic heterocycles. The third-order valence-electron chi connectivity index (χ3n) is 1.76. The zero-order chi connectivity index (χ0) is 11.3. The van der Waals surface area contributed by atoms with E-state index in [1.807, 2.05) is 6.92 Å². The maximum Gasteiger partial charge on any atom is 0.134 e. The van der Waals surface area contributed by atoms with Gasteiger partial charge in [0, 0.05) is 34.9 Å². The topological polar surface area (TPSA) is 54.9 Å². The lowest BCUT2D eigenvalue weighted by atomic mass is 10.5. The summed E-state index contributed by atoms with van der Waals surface area (Å²) in [6, 6.07) is 1.66. The van der Waals surface area contributed by atoms with Gasteiger partial charge >= 0.3 is 0 Å². The number of anilines is 1.